The number of hydrogen-bond donors (Lipinski definition) is 2. The minimum atomic E-state index is 0.139. The van der Waals surface area contributed by atoms with Crippen LogP contribution >= 0.6 is 0 Å². The molecule has 0 aliphatic carbocycles. The van der Waals surface area contributed by atoms with Gasteiger partial charge >= 0.3 is 0 Å². The van der Waals surface area contributed by atoms with Gasteiger partial charge in [0.1, 0.15) is 5.75 Å². The highest BCUT2D eigenvalue weighted by Crippen LogP contribution is 2.33. The zero-order valence-electron chi connectivity index (χ0n) is 16.2. The number of methoxy groups -OCH3 is 1. The molecule has 2 aromatic rings. The van der Waals surface area contributed by atoms with Crippen molar-refractivity contribution < 1.29 is 9.47 Å². The number of para-hydroxylation sites is 1. The summed E-state index contributed by atoms with van der Waals surface area (Å²) in [5, 5.41) is 6.84. The van der Waals surface area contributed by atoms with Crippen LogP contribution in [0.2, 0.25) is 0 Å². The van der Waals surface area contributed by atoms with Gasteiger partial charge in [0, 0.05) is 38.2 Å². The predicted octanol–water partition coefficient (Wildman–Crippen LogP) is 3.53. The van der Waals surface area contributed by atoms with Gasteiger partial charge in [0.25, 0.3) is 0 Å². The number of ether oxygens (including phenoxy) is 2. The van der Waals surface area contributed by atoms with E-state index >= 15 is 0 Å². The molecule has 27 heavy (non-hydrogen) atoms. The number of rotatable bonds is 6. The highest BCUT2D eigenvalue weighted by Gasteiger charge is 2.27. The maximum Gasteiger partial charge on any atom is 0.191 e. The van der Waals surface area contributed by atoms with Gasteiger partial charge in [-0.3, -0.25) is 4.99 Å². The van der Waals surface area contributed by atoms with Crippen LogP contribution in [-0.4, -0.2) is 33.3 Å². The van der Waals surface area contributed by atoms with E-state index in [0.717, 1.165) is 43.3 Å². The zero-order valence-corrected chi connectivity index (χ0v) is 16.2. The Kier molecular flexibility index (Phi) is 7.11. The van der Waals surface area contributed by atoms with Crippen molar-refractivity contribution in [3.05, 3.63) is 65.7 Å². The Labute approximate surface area is 161 Å². The van der Waals surface area contributed by atoms with Crippen molar-refractivity contribution in [2.45, 2.75) is 25.5 Å². The molecule has 5 heteroatoms. The lowest BCUT2D eigenvalue weighted by atomic mass is 9.89. The number of nitrogens with one attached hydrogen (secondary N) is 2. The Morgan fingerprint density at radius 3 is 2.67 bits per heavy atom. The van der Waals surface area contributed by atoms with Gasteiger partial charge in [0.2, 0.25) is 0 Å². The van der Waals surface area contributed by atoms with Gasteiger partial charge < -0.3 is 20.1 Å². The van der Waals surface area contributed by atoms with Crippen molar-refractivity contribution in [2.75, 3.05) is 27.3 Å². The number of hydrogen-bond acceptors (Lipinski definition) is 3. The standard InChI is InChI=1S/C22H29N3O2/c1-23-22(24-15-18-11-6-7-13-20(18)26-2)25-16-19-12-8-14-27-21(19)17-9-4-3-5-10-17/h3-7,9-11,13,19,21H,8,12,14-16H2,1-2H3,(H2,23,24,25). The van der Waals surface area contributed by atoms with E-state index in [-0.39, 0.29) is 6.10 Å². The smallest absolute Gasteiger partial charge is 0.191 e. The minimum absolute atomic E-state index is 0.139. The molecule has 0 bridgehead atoms. The molecule has 5 nitrogen and oxygen atoms in total. The van der Waals surface area contributed by atoms with Crippen LogP contribution in [0.15, 0.2) is 59.6 Å². The van der Waals surface area contributed by atoms with Gasteiger partial charge in [-0.05, 0) is 24.5 Å². The zero-order chi connectivity index (χ0) is 18.9. The molecule has 144 valence electrons. The molecule has 2 aromatic carbocycles. The lowest BCUT2D eigenvalue weighted by Crippen LogP contribution is -2.41. The van der Waals surface area contributed by atoms with Gasteiger partial charge in [0.15, 0.2) is 5.96 Å². The van der Waals surface area contributed by atoms with Gasteiger partial charge in [-0.15, -0.1) is 0 Å². The SMILES string of the molecule is CN=C(NCc1ccccc1OC)NCC1CCCOC1c1ccccc1. The van der Waals surface area contributed by atoms with Crippen LogP contribution in [0.5, 0.6) is 5.75 Å². The third-order valence-electron chi connectivity index (χ3n) is 4.97. The summed E-state index contributed by atoms with van der Waals surface area (Å²) < 4.78 is 11.5. The molecule has 2 atom stereocenters. The summed E-state index contributed by atoms with van der Waals surface area (Å²) in [6, 6.07) is 18.5. The van der Waals surface area contributed by atoms with E-state index < -0.39 is 0 Å². The second-order valence-electron chi connectivity index (χ2n) is 6.72. The van der Waals surface area contributed by atoms with Gasteiger partial charge in [-0.1, -0.05) is 48.5 Å². The Hall–Kier alpha value is -2.53. The van der Waals surface area contributed by atoms with E-state index in [4.69, 9.17) is 9.47 Å². The molecule has 0 radical (unpaired) electrons. The highest BCUT2D eigenvalue weighted by atomic mass is 16.5. The molecular formula is C22H29N3O2. The molecule has 1 aliphatic heterocycles. The summed E-state index contributed by atoms with van der Waals surface area (Å²) in [6.45, 7) is 2.31. The van der Waals surface area contributed by atoms with Crippen molar-refractivity contribution in [2.24, 2.45) is 10.9 Å². The maximum atomic E-state index is 6.09. The van der Waals surface area contributed by atoms with E-state index in [0.29, 0.717) is 12.5 Å². The van der Waals surface area contributed by atoms with Crippen LogP contribution in [0.3, 0.4) is 0 Å². The molecule has 1 fully saturated rings. The molecule has 1 heterocycles. The van der Waals surface area contributed by atoms with Crippen LogP contribution in [0.4, 0.5) is 0 Å². The maximum absolute atomic E-state index is 6.09. The van der Waals surface area contributed by atoms with Crippen molar-refractivity contribution in [1.29, 1.82) is 0 Å². The Bertz CT molecular complexity index is 733. The van der Waals surface area contributed by atoms with Crippen molar-refractivity contribution in [1.82, 2.24) is 10.6 Å². The van der Waals surface area contributed by atoms with Gasteiger partial charge in [-0.2, -0.15) is 0 Å². The average molecular weight is 367 g/mol. The first-order chi connectivity index (χ1) is 13.3. The topological polar surface area (TPSA) is 54.9 Å². The molecule has 3 rings (SSSR count). The fourth-order valence-electron chi connectivity index (χ4n) is 3.54. The molecular weight excluding hydrogens is 338 g/mol. The van der Waals surface area contributed by atoms with Gasteiger partial charge in [0.05, 0.1) is 13.2 Å². The molecule has 2 N–H and O–H groups in total. The molecule has 1 saturated heterocycles. The third-order valence-corrected chi connectivity index (χ3v) is 4.97. The minimum Gasteiger partial charge on any atom is -0.496 e. The van der Waals surface area contributed by atoms with Crippen LogP contribution in [-0.2, 0) is 11.3 Å². The van der Waals surface area contributed by atoms with Crippen molar-refractivity contribution in [3.8, 4) is 5.75 Å². The number of aliphatic imine (C=N–C) groups is 1. The third kappa shape index (κ3) is 5.23. The van der Waals surface area contributed by atoms with E-state index in [1.54, 1.807) is 14.2 Å². The van der Waals surface area contributed by atoms with Crippen LogP contribution in [0, 0.1) is 5.92 Å². The Balaban J connectivity index is 1.56. The van der Waals surface area contributed by atoms with E-state index in [1.807, 2.05) is 24.3 Å². The van der Waals surface area contributed by atoms with Crippen molar-refractivity contribution >= 4 is 5.96 Å². The summed E-state index contributed by atoms with van der Waals surface area (Å²) in [5.74, 6) is 2.09. The second kappa shape index (κ2) is 9.97. The quantitative estimate of drug-likeness (QED) is 0.606. The number of guanidine groups is 1. The summed E-state index contributed by atoms with van der Waals surface area (Å²) in [6.07, 6.45) is 2.39. The molecule has 0 amide bonds. The Morgan fingerprint density at radius 1 is 1.11 bits per heavy atom. The number of nitrogens with zero attached hydrogens (tertiary/aromatic N) is 1. The molecule has 2 unspecified atom stereocenters. The lowest BCUT2D eigenvalue weighted by Gasteiger charge is -2.32. The molecule has 0 aromatic heterocycles. The first-order valence-electron chi connectivity index (χ1n) is 9.54. The summed E-state index contributed by atoms with van der Waals surface area (Å²) in [5.41, 5.74) is 2.35. The lowest BCUT2D eigenvalue weighted by molar-refractivity contribution is -0.0265. The van der Waals surface area contributed by atoms with Crippen LogP contribution in [0.1, 0.15) is 30.1 Å². The first kappa shape index (κ1) is 19.2. The predicted molar refractivity (Wildman–Crippen MR) is 109 cm³/mol. The molecule has 0 spiro atoms. The largest absolute Gasteiger partial charge is 0.496 e. The van der Waals surface area contributed by atoms with Crippen LogP contribution in [0.25, 0.3) is 0 Å². The number of benzene rings is 2. The average Bonchev–Trinajstić information content (AvgIpc) is 2.75. The van der Waals surface area contributed by atoms with Crippen molar-refractivity contribution in [3.63, 3.8) is 0 Å². The summed E-state index contributed by atoms with van der Waals surface area (Å²) >= 11 is 0. The fraction of sp³-hybridized carbons (Fsp3) is 0.409. The molecule has 1 aliphatic rings. The van der Waals surface area contributed by atoms with E-state index in [1.165, 1.54) is 5.56 Å². The summed E-state index contributed by atoms with van der Waals surface area (Å²) in [4.78, 5) is 4.35. The normalized spacial score (nSPS) is 20.1. The highest BCUT2D eigenvalue weighted by molar-refractivity contribution is 5.79. The Morgan fingerprint density at radius 2 is 1.89 bits per heavy atom. The monoisotopic (exact) mass is 367 g/mol. The first-order valence-corrected chi connectivity index (χ1v) is 9.54. The van der Waals surface area contributed by atoms with Gasteiger partial charge in [-0.25, -0.2) is 0 Å². The van der Waals surface area contributed by atoms with E-state index in [9.17, 15) is 0 Å². The summed E-state index contributed by atoms with van der Waals surface area (Å²) in [7, 11) is 3.49. The fourth-order valence-corrected chi connectivity index (χ4v) is 3.54. The molecule has 0 saturated carbocycles. The second-order valence-corrected chi connectivity index (χ2v) is 6.72. The van der Waals surface area contributed by atoms with E-state index in [2.05, 4.69) is 46.0 Å². The van der Waals surface area contributed by atoms with Crippen LogP contribution < -0.4 is 15.4 Å².